The fraction of sp³-hybridized carbons (Fsp3) is 0.350. The molecule has 0 spiro atoms. The van der Waals surface area contributed by atoms with Crippen molar-refractivity contribution in [3.05, 3.63) is 64.1 Å². The highest BCUT2D eigenvalue weighted by atomic mass is 16.5. The molecule has 0 bridgehead atoms. The zero-order valence-corrected chi connectivity index (χ0v) is 14.3. The molecule has 2 aromatic rings. The molecule has 4 nitrogen and oxygen atoms in total. The number of methoxy groups -OCH3 is 1. The van der Waals surface area contributed by atoms with Crippen LogP contribution in [-0.4, -0.2) is 22.8 Å². The number of aromatic amines is 2. The maximum absolute atomic E-state index is 5.55. The second kappa shape index (κ2) is 6.19. The van der Waals surface area contributed by atoms with Gasteiger partial charge in [0.15, 0.2) is 0 Å². The largest absolute Gasteiger partial charge is 0.494 e. The lowest BCUT2D eigenvalue weighted by Gasteiger charge is -2.13. The molecule has 0 radical (unpaired) electrons. The average molecular weight is 321 g/mol. The van der Waals surface area contributed by atoms with Crippen LogP contribution in [0.4, 0.5) is 0 Å². The summed E-state index contributed by atoms with van der Waals surface area (Å²) in [4.78, 5) is 11.6. The van der Waals surface area contributed by atoms with Gasteiger partial charge in [-0.25, -0.2) is 4.99 Å². The van der Waals surface area contributed by atoms with Crippen molar-refractivity contribution in [1.82, 2.24) is 9.97 Å². The third-order valence-electron chi connectivity index (χ3n) is 4.93. The number of nitrogens with one attached hydrogen (secondary N) is 2. The van der Waals surface area contributed by atoms with E-state index in [9.17, 15) is 0 Å². The van der Waals surface area contributed by atoms with Crippen LogP contribution in [0.1, 0.15) is 48.0 Å². The first-order valence-corrected chi connectivity index (χ1v) is 8.73. The van der Waals surface area contributed by atoms with Crippen LogP contribution >= 0.6 is 0 Å². The number of aryl methyl sites for hydroxylation is 1. The molecular weight excluding hydrogens is 298 g/mol. The SMILES string of the molecule is CCc1[nH]c(C=C2N=C(c3ccc[nH]3)C=C2OC)c2c1CCCC2. The highest BCUT2D eigenvalue weighted by Crippen LogP contribution is 2.31. The van der Waals surface area contributed by atoms with Crippen molar-refractivity contribution in [2.75, 3.05) is 7.11 Å². The predicted octanol–water partition coefficient (Wildman–Crippen LogP) is 4.16. The van der Waals surface area contributed by atoms with Gasteiger partial charge in [-0.05, 0) is 61.4 Å². The summed E-state index contributed by atoms with van der Waals surface area (Å²) < 4.78 is 5.55. The Morgan fingerprint density at radius 2 is 2.08 bits per heavy atom. The molecule has 0 saturated heterocycles. The molecule has 0 fully saturated rings. The third-order valence-corrected chi connectivity index (χ3v) is 4.93. The molecule has 2 aliphatic rings. The number of fused-ring (bicyclic) bond motifs is 1. The standard InChI is InChI=1S/C20H23N3O/c1-3-15-13-7-4-5-8-14(13)17(22-15)11-19-20(24-2)12-18(23-19)16-9-6-10-21-16/h6,9-12,21-22H,3-5,7-8H2,1-2H3. The minimum atomic E-state index is 0.816. The lowest BCUT2D eigenvalue weighted by molar-refractivity contribution is 0.303. The van der Waals surface area contributed by atoms with E-state index < -0.39 is 0 Å². The second-order valence-electron chi connectivity index (χ2n) is 6.36. The minimum absolute atomic E-state index is 0.816. The smallest absolute Gasteiger partial charge is 0.146 e. The molecule has 0 atom stereocenters. The normalized spacial score (nSPS) is 18.5. The maximum atomic E-state index is 5.55. The molecule has 0 unspecified atom stereocenters. The summed E-state index contributed by atoms with van der Waals surface area (Å²) >= 11 is 0. The molecule has 0 saturated carbocycles. The lowest BCUT2D eigenvalue weighted by atomic mass is 9.91. The Bertz CT molecular complexity index is 835. The number of allylic oxidation sites excluding steroid dienone is 1. The molecule has 0 amide bonds. The van der Waals surface area contributed by atoms with Crippen LogP contribution in [0, 0.1) is 0 Å². The average Bonchev–Trinajstić information content (AvgIpc) is 3.33. The second-order valence-corrected chi connectivity index (χ2v) is 6.36. The van der Waals surface area contributed by atoms with E-state index in [0.29, 0.717) is 0 Å². The molecular formula is C20H23N3O. The van der Waals surface area contributed by atoms with Crippen molar-refractivity contribution >= 4 is 11.8 Å². The van der Waals surface area contributed by atoms with Gasteiger partial charge in [0, 0.05) is 23.7 Å². The third kappa shape index (κ3) is 2.52. The predicted molar refractivity (Wildman–Crippen MR) is 97.2 cm³/mol. The molecule has 2 N–H and O–H groups in total. The Labute approximate surface area is 142 Å². The van der Waals surface area contributed by atoms with Gasteiger partial charge in [0.25, 0.3) is 0 Å². The van der Waals surface area contributed by atoms with Crippen LogP contribution in [0.3, 0.4) is 0 Å². The summed E-state index contributed by atoms with van der Waals surface area (Å²) in [6.07, 6.45) is 12.0. The Kier molecular flexibility index (Phi) is 3.89. The van der Waals surface area contributed by atoms with Gasteiger partial charge in [-0.3, -0.25) is 0 Å². The monoisotopic (exact) mass is 321 g/mol. The van der Waals surface area contributed by atoms with E-state index in [4.69, 9.17) is 9.73 Å². The minimum Gasteiger partial charge on any atom is -0.494 e. The number of nitrogens with zero attached hydrogens (tertiary/aromatic N) is 1. The first-order valence-electron chi connectivity index (χ1n) is 8.73. The summed E-state index contributed by atoms with van der Waals surface area (Å²) in [7, 11) is 1.70. The van der Waals surface area contributed by atoms with E-state index >= 15 is 0 Å². The molecule has 3 heterocycles. The molecule has 2 aromatic heterocycles. The van der Waals surface area contributed by atoms with Gasteiger partial charge in [-0.2, -0.15) is 0 Å². The maximum Gasteiger partial charge on any atom is 0.146 e. The first kappa shape index (κ1) is 15.1. The molecule has 124 valence electrons. The van der Waals surface area contributed by atoms with E-state index in [2.05, 4.69) is 23.0 Å². The van der Waals surface area contributed by atoms with Gasteiger partial charge >= 0.3 is 0 Å². The lowest BCUT2D eigenvalue weighted by Crippen LogP contribution is -2.02. The number of aliphatic imine (C=N–C) groups is 1. The molecule has 4 rings (SSSR count). The highest BCUT2D eigenvalue weighted by molar-refractivity contribution is 6.11. The van der Waals surface area contributed by atoms with Crippen LogP contribution in [0.15, 0.2) is 40.9 Å². The van der Waals surface area contributed by atoms with Crippen molar-refractivity contribution < 1.29 is 4.74 Å². The van der Waals surface area contributed by atoms with Crippen LogP contribution < -0.4 is 0 Å². The summed E-state index contributed by atoms with van der Waals surface area (Å²) in [6, 6.07) is 4.01. The number of H-pyrrole nitrogens is 2. The Hall–Kier alpha value is -2.49. The first-order chi connectivity index (χ1) is 11.8. The number of ether oxygens (including phenoxy) is 1. The number of hydrogen-bond acceptors (Lipinski definition) is 2. The summed E-state index contributed by atoms with van der Waals surface area (Å²) in [5.41, 5.74) is 8.41. The Morgan fingerprint density at radius 1 is 1.25 bits per heavy atom. The van der Waals surface area contributed by atoms with E-state index in [1.54, 1.807) is 7.11 Å². The van der Waals surface area contributed by atoms with Gasteiger partial charge in [-0.15, -0.1) is 0 Å². The highest BCUT2D eigenvalue weighted by Gasteiger charge is 2.21. The molecule has 24 heavy (non-hydrogen) atoms. The van der Waals surface area contributed by atoms with E-state index in [1.807, 2.05) is 24.4 Å². The summed E-state index contributed by atoms with van der Waals surface area (Å²) in [6.45, 7) is 2.22. The molecule has 1 aliphatic carbocycles. The van der Waals surface area contributed by atoms with E-state index in [-0.39, 0.29) is 0 Å². The van der Waals surface area contributed by atoms with Gasteiger partial charge in [0.05, 0.1) is 18.5 Å². The summed E-state index contributed by atoms with van der Waals surface area (Å²) in [5.74, 6) is 0.816. The molecule has 1 aliphatic heterocycles. The Balaban J connectivity index is 1.76. The Morgan fingerprint density at radius 3 is 2.79 bits per heavy atom. The van der Waals surface area contributed by atoms with Crippen molar-refractivity contribution in [3.8, 4) is 0 Å². The molecule has 4 heteroatoms. The van der Waals surface area contributed by atoms with E-state index in [0.717, 1.165) is 35.7 Å². The van der Waals surface area contributed by atoms with Crippen molar-refractivity contribution in [2.24, 2.45) is 4.99 Å². The van der Waals surface area contributed by atoms with Crippen LogP contribution in [0.2, 0.25) is 0 Å². The van der Waals surface area contributed by atoms with Crippen molar-refractivity contribution in [3.63, 3.8) is 0 Å². The molecule has 0 aromatic carbocycles. The van der Waals surface area contributed by atoms with Gasteiger partial charge in [0.1, 0.15) is 11.5 Å². The van der Waals surface area contributed by atoms with E-state index in [1.165, 1.54) is 41.8 Å². The number of rotatable bonds is 4. The van der Waals surface area contributed by atoms with Gasteiger partial charge in [-0.1, -0.05) is 6.92 Å². The zero-order valence-electron chi connectivity index (χ0n) is 14.3. The van der Waals surface area contributed by atoms with Crippen LogP contribution in [0.25, 0.3) is 6.08 Å². The van der Waals surface area contributed by atoms with Crippen molar-refractivity contribution in [2.45, 2.75) is 39.0 Å². The van der Waals surface area contributed by atoms with Crippen LogP contribution in [0.5, 0.6) is 0 Å². The number of hydrogen-bond donors (Lipinski definition) is 2. The summed E-state index contributed by atoms with van der Waals surface area (Å²) in [5, 5.41) is 0. The fourth-order valence-corrected chi connectivity index (χ4v) is 3.72. The fourth-order valence-electron chi connectivity index (χ4n) is 3.72. The van der Waals surface area contributed by atoms with Crippen LogP contribution in [-0.2, 0) is 24.0 Å². The van der Waals surface area contributed by atoms with Gasteiger partial charge < -0.3 is 14.7 Å². The number of aromatic nitrogens is 2. The zero-order chi connectivity index (χ0) is 16.5. The van der Waals surface area contributed by atoms with Crippen molar-refractivity contribution in [1.29, 1.82) is 0 Å². The topological polar surface area (TPSA) is 53.2 Å². The van der Waals surface area contributed by atoms with Gasteiger partial charge in [0.2, 0.25) is 0 Å². The quantitative estimate of drug-likeness (QED) is 0.873.